The minimum absolute atomic E-state index is 0.111. The van der Waals surface area contributed by atoms with E-state index in [9.17, 15) is 0 Å². The maximum atomic E-state index is 6.08. The van der Waals surface area contributed by atoms with Gasteiger partial charge in [-0.25, -0.2) is 4.99 Å². The van der Waals surface area contributed by atoms with E-state index in [1.165, 1.54) is 0 Å². The van der Waals surface area contributed by atoms with Crippen molar-refractivity contribution in [2.45, 2.75) is 19.5 Å². The van der Waals surface area contributed by atoms with Gasteiger partial charge in [0.2, 0.25) is 0 Å². The van der Waals surface area contributed by atoms with Crippen molar-refractivity contribution < 1.29 is 4.42 Å². The summed E-state index contributed by atoms with van der Waals surface area (Å²) in [6, 6.07) is 11.7. The topological polar surface area (TPSA) is 54.8 Å². The highest BCUT2D eigenvalue weighted by Gasteiger charge is 2.08. The first-order chi connectivity index (χ1) is 9.61. The number of hydrogen-bond acceptors (Lipinski definition) is 3. The van der Waals surface area contributed by atoms with Crippen molar-refractivity contribution in [3.05, 3.63) is 48.2 Å². The summed E-state index contributed by atoms with van der Waals surface area (Å²) >= 11 is 0. The SMILES string of the molecule is CCC(/N=C(\N)c1ccc(-c2ccco2)cc1)N(C)C. The molecule has 1 aromatic heterocycles. The van der Waals surface area contributed by atoms with Gasteiger partial charge in [0.1, 0.15) is 17.8 Å². The molecule has 1 unspecified atom stereocenters. The average Bonchev–Trinajstić information content (AvgIpc) is 2.98. The molecule has 0 aliphatic carbocycles. The maximum absolute atomic E-state index is 6.08. The number of amidine groups is 1. The molecule has 0 amide bonds. The highest BCUT2D eigenvalue weighted by Crippen LogP contribution is 2.20. The lowest BCUT2D eigenvalue weighted by Gasteiger charge is -2.19. The lowest BCUT2D eigenvalue weighted by Crippen LogP contribution is -2.28. The van der Waals surface area contributed by atoms with Crippen molar-refractivity contribution in [3.8, 4) is 11.3 Å². The second-order valence-corrected chi connectivity index (χ2v) is 4.92. The van der Waals surface area contributed by atoms with Gasteiger partial charge in [0.25, 0.3) is 0 Å². The first-order valence-corrected chi connectivity index (χ1v) is 6.75. The smallest absolute Gasteiger partial charge is 0.133 e. The zero-order valence-electron chi connectivity index (χ0n) is 12.2. The molecule has 2 aromatic rings. The second-order valence-electron chi connectivity index (χ2n) is 4.92. The number of aliphatic imine (C=N–C) groups is 1. The minimum atomic E-state index is 0.111. The summed E-state index contributed by atoms with van der Waals surface area (Å²) < 4.78 is 5.37. The molecule has 0 saturated carbocycles. The van der Waals surface area contributed by atoms with Crippen molar-refractivity contribution in [2.75, 3.05) is 14.1 Å². The zero-order chi connectivity index (χ0) is 14.5. The van der Waals surface area contributed by atoms with E-state index < -0.39 is 0 Å². The van der Waals surface area contributed by atoms with Gasteiger partial charge in [-0.05, 0) is 32.6 Å². The van der Waals surface area contributed by atoms with Gasteiger partial charge in [-0.15, -0.1) is 0 Å². The fraction of sp³-hybridized carbons (Fsp3) is 0.312. The Morgan fingerprint density at radius 2 is 1.95 bits per heavy atom. The van der Waals surface area contributed by atoms with Crippen molar-refractivity contribution in [3.63, 3.8) is 0 Å². The number of benzene rings is 1. The molecule has 1 atom stereocenters. The molecule has 4 nitrogen and oxygen atoms in total. The fourth-order valence-corrected chi connectivity index (χ4v) is 2.06. The summed E-state index contributed by atoms with van der Waals surface area (Å²) in [6.45, 7) is 2.10. The molecular formula is C16H21N3O. The Bertz CT molecular complexity index is 556. The summed E-state index contributed by atoms with van der Waals surface area (Å²) in [5.41, 5.74) is 8.04. The van der Waals surface area contributed by atoms with Gasteiger partial charge in [-0.3, -0.25) is 4.90 Å². The van der Waals surface area contributed by atoms with E-state index in [1.54, 1.807) is 6.26 Å². The summed E-state index contributed by atoms with van der Waals surface area (Å²) in [7, 11) is 4.01. The van der Waals surface area contributed by atoms with Gasteiger partial charge in [-0.1, -0.05) is 31.2 Å². The number of hydrogen-bond donors (Lipinski definition) is 1. The van der Waals surface area contributed by atoms with Crippen LogP contribution in [-0.2, 0) is 0 Å². The van der Waals surface area contributed by atoms with Crippen LogP contribution in [0.3, 0.4) is 0 Å². The molecule has 1 heterocycles. The number of nitrogens with zero attached hydrogens (tertiary/aromatic N) is 2. The standard InChI is InChI=1S/C16H21N3O/c1-4-15(19(2)3)18-16(17)13-9-7-12(8-10-13)14-6-5-11-20-14/h5-11,15H,4H2,1-3H3,(H2,17,18). The van der Waals surface area contributed by atoms with Gasteiger partial charge in [0.05, 0.1) is 6.26 Å². The van der Waals surface area contributed by atoms with Crippen LogP contribution in [0, 0.1) is 0 Å². The van der Waals surface area contributed by atoms with Crippen molar-refractivity contribution in [2.24, 2.45) is 10.7 Å². The molecular weight excluding hydrogens is 250 g/mol. The van der Waals surface area contributed by atoms with Crippen LogP contribution in [0.1, 0.15) is 18.9 Å². The third-order valence-electron chi connectivity index (χ3n) is 3.24. The highest BCUT2D eigenvalue weighted by atomic mass is 16.3. The predicted molar refractivity (Wildman–Crippen MR) is 82.6 cm³/mol. The van der Waals surface area contributed by atoms with Crippen LogP contribution in [0.5, 0.6) is 0 Å². The van der Waals surface area contributed by atoms with E-state index in [0.29, 0.717) is 5.84 Å². The molecule has 106 valence electrons. The molecule has 2 rings (SSSR count). The number of furan rings is 1. The molecule has 0 fully saturated rings. The van der Waals surface area contributed by atoms with Gasteiger partial charge in [-0.2, -0.15) is 0 Å². The Balaban J connectivity index is 2.19. The van der Waals surface area contributed by atoms with Gasteiger partial charge in [0.15, 0.2) is 0 Å². The van der Waals surface area contributed by atoms with Gasteiger partial charge in [0, 0.05) is 11.1 Å². The highest BCUT2D eigenvalue weighted by molar-refractivity contribution is 5.97. The van der Waals surface area contributed by atoms with Crippen LogP contribution >= 0.6 is 0 Å². The Morgan fingerprint density at radius 3 is 2.45 bits per heavy atom. The van der Waals surface area contributed by atoms with Crippen LogP contribution < -0.4 is 5.73 Å². The minimum Gasteiger partial charge on any atom is -0.464 e. The van der Waals surface area contributed by atoms with Crippen LogP contribution in [-0.4, -0.2) is 31.0 Å². The summed E-state index contributed by atoms with van der Waals surface area (Å²) in [5, 5.41) is 0. The largest absolute Gasteiger partial charge is 0.464 e. The quantitative estimate of drug-likeness (QED) is 0.672. The molecule has 0 bridgehead atoms. The van der Waals surface area contributed by atoms with Crippen LogP contribution in [0.25, 0.3) is 11.3 Å². The molecule has 2 N–H and O–H groups in total. The summed E-state index contributed by atoms with van der Waals surface area (Å²) in [6.07, 6.45) is 2.71. The average molecular weight is 271 g/mol. The summed E-state index contributed by atoms with van der Waals surface area (Å²) in [4.78, 5) is 6.61. The Morgan fingerprint density at radius 1 is 1.25 bits per heavy atom. The molecule has 0 spiro atoms. The van der Waals surface area contributed by atoms with Crippen LogP contribution in [0.15, 0.2) is 52.1 Å². The van der Waals surface area contributed by atoms with E-state index in [4.69, 9.17) is 10.2 Å². The van der Waals surface area contributed by atoms with Crippen molar-refractivity contribution in [1.29, 1.82) is 0 Å². The number of nitrogens with two attached hydrogens (primary N) is 1. The van der Waals surface area contributed by atoms with E-state index >= 15 is 0 Å². The lowest BCUT2D eigenvalue weighted by molar-refractivity contribution is 0.295. The van der Waals surface area contributed by atoms with Crippen molar-refractivity contribution >= 4 is 5.84 Å². The Labute approximate surface area is 119 Å². The normalized spacial score (nSPS) is 13.7. The molecule has 0 radical (unpaired) electrons. The lowest BCUT2D eigenvalue weighted by atomic mass is 10.1. The maximum Gasteiger partial charge on any atom is 0.133 e. The molecule has 0 aliphatic rings. The second kappa shape index (κ2) is 6.39. The predicted octanol–water partition coefficient (Wildman–Crippen LogP) is 2.95. The molecule has 20 heavy (non-hydrogen) atoms. The van der Waals surface area contributed by atoms with E-state index in [1.807, 2.05) is 50.5 Å². The monoisotopic (exact) mass is 271 g/mol. The van der Waals surface area contributed by atoms with E-state index in [-0.39, 0.29) is 6.17 Å². The van der Waals surface area contributed by atoms with Gasteiger partial charge >= 0.3 is 0 Å². The third kappa shape index (κ3) is 3.27. The molecule has 1 aromatic carbocycles. The zero-order valence-corrected chi connectivity index (χ0v) is 12.2. The molecule has 0 aliphatic heterocycles. The molecule has 0 saturated heterocycles. The fourth-order valence-electron chi connectivity index (χ4n) is 2.06. The number of rotatable bonds is 5. The Hall–Kier alpha value is -2.07. The Kier molecular flexibility index (Phi) is 4.58. The third-order valence-corrected chi connectivity index (χ3v) is 3.24. The van der Waals surface area contributed by atoms with E-state index in [0.717, 1.165) is 23.3 Å². The first-order valence-electron chi connectivity index (χ1n) is 6.75. The molecule has 4 heteroatoms. The van der Waals surface area contributed by atoms with Crippen LogP contribution in [0.2, 0.25) is 0 Å². The summed E-state index contributed by atoms with van der Waals surface area (Å²) in [5.74, 6) is 1.42. The first kappa shape index (κ1) is 14.3. The van der Waals surface area contributed by atoms with Crippen molar-refractivity contribution in [1.82, 2.24) is 4.90 Å². The van der Waals surface area contributed by atoms with Gasteiger partial charge < -0.3 is 10.2 Å². The van der Waals surface area contributed by atoms with E-state index in [2.05, 4.69) is 16.8 Å². The van der Waals surface area contributed by atoms with Crippen LogP contribution in [0.4, 0.5) is 0 Å².